The molecule has 0 spiro atoms. The normalized spacial score (nSPS) is 11.9. The van der Waals surface area contributed by atoms with Gasteiger partial charge in [0.05, 0.1) is 5.02 Å². The van der Waals surface area contributed by atoms with Gasteiger partial charge in [-0.25, -0.2) is 4.39 Å². The van der Waals surface area contributed by atoms with Crippen molar-refractivity contribution < 1.29 is 13.9 Å². The Hall–Kier alpha value is -2.07. The van der Waals surface area contributed by atoms with Crippen LogP contribution in [-0.4, -0.2) is 12.0 Å². The van der Waals surface area contributed by atoms with Crippen LogP contribution in [-0.2, 0) is 4.79 Å². The molecule has 1 amide bonds. The topological polar surface area (TPSA) is 38.3 Å². The number of amides is 1. The number of benzene rings is 2. The maximum Gasteiger partial charge on any atom is 0.265 e. The smallest absolute Gasteiger partial charge is 0.265 e. The van der Waals surface area contributed by atoms with Crippen molar-refractivity contribution in [2.75, 3.05) is 5.32 Å². The zero-order valence-corrected chi connectivity index (χ0v) is 13.4. The maximum atomic E-state index is 13.0. The quantitative estimate of drug-likeness (QED) is 0.900. The first-order valence-electron chi connectivity index (χ1n) is 6.87. The molecule has 0 saturated carbocycles. The van der Waals surface area contributed by atoms with E-state index in [0.29, 0.717) is 0 Å². The maximum absolute atomic E-state index is 13.0. The molecule has 0 saturated heterocycles. The number of ether oxygens (including phenoxy) is 1. The van der Waals surface area contributed by atoms with Gasteiger partial charge in [-0.1, -0.05) is 29.8 Å². The summed E-state index contributed by atoms with van der Waals surface area (Å²) in [6.45, 7) is 5.46. The molecule has 3 nitrogen and oxygen atoms in total. The number of para-hydroxylation sites is 1. The molecule has 1 unspecified atom stereocenters. The number of halogens is 2. The Kier molecular flexibility index (Phi) is 5.03. The number of carbonyl (C=O) groups is 1. The third-order valence-electron chi connectivity index (χ3n) is 3.30. The monoisotopic (exact) mass is 321 g/mol. The second-order valence-electron chi connectivity index (χ2n) is 5.09. The van der Waals surface area contributed by atoms with Crippen LogP contribution in [0.3, 0.4) is 0 Å². The predicted octanol–water partition coefficient (Wildman–Crippen LogP) is 4.50. The van der Waals surface area contributed by atoms with Gasteiger partial charge in [-0.3, -0.25) is 4.79 Å². The summed E-state index contributed by atoms with van der Waals surface area (Å²) in [6, 6.07) is 9.55. The molecule has 0 aliphatic carbocycles. The van der Waals surface area contributed by atoms with Crippen LogP contribution in [0.15, 0.2) is 36.4 Å². The summed E-state index contributed by atoms with van der Waals surface area (Å²) in [5.41, 5.74) is 2.72. The van der Waals surface area contributed by atoms with Gasteiger partial charge in [-0.15, -0.1) is 0 Å². The highest BCUT2D eigenvalue weighted by Crippen LogP contribution is 2.26. The zero-order chi connectivity index (χ0) is 16.3. The summed E-state index contributed by atoms with van der Waals surface area (Å²) in [7, 11) is 0. The number of aryl methyl sites for hydroxylation is 2. The molecular weight excluding hydrogens is 305 g/mol. The van der Waals surface area contributed by atoms with Crippen molar-refractivity contribution in [3.8, 4) is 5.75 Å². The molecule has 2 aromatic rings. The number of anilines is 1. The molecule has 5 heteroatoms. The molecule has 22 heavy (non-hydrogen) atoms. The molecule has 0 fully saturated rings. The number of rotatable bonds is 4. The predicted molar refractivity (Wildman–Crippen MR) is 86.0 cm³/mol. The second kappa shape index (κ2) is 6.79. The molecule has 0 aromatic heterocycles. The van der Waals surface area contributed by atoms with Crippen molar-refractivity contribution >= 4 is 23.2 Å². The van der Waals surface area contributed by atoms with Crippen LogP contribution in [0.25, 0.3) is 0 Å². The molecule has 0 bridgehead atoms. The summed E-state index contributed by atoms with van der Waals surface area (Å²) in [5.74, 6) is -0.477. The number of hydrogen-bond donors (Lipinski definition) is 1. The first kappa shape index (κ1) is 16.3. The van der Waals surface area contributed by atoms with E-state index in [1.54, 1.807) is 6.92 Å². The molecule has 0 aliphatic rings. The largest absolute Gasteiger partial charge is 0.479 e. The van der Waals surface area contributed by atoms with Gasteiger partial charge in [-0.2, -0.15) is 0 Å². The highest BCUT2D eigenvalue weighted by atomic mass is 35.5. The van der Waals surface area contributed by atoms with Crippen LogP contribution < -0.4 is 10.1 Å². The number of carbonyl (C=O) groups excluding carboxylic acids is 1. The molecule has 0 radical (unpaired) electrons. The van der Waals surface area contributed by atoms with Crippen LogP contribution >= 0.6 is 11.6 Å². The first-order chi connectivity index (χ1) is 10.4. The van der Waals surface area contributed by atoms with E-state index in [-0.39, 0.29) is 16.7 Å². The van der Waals surface area contributed by atoms with Gasteiger partial charge in [0.2, 0.25) is 0 Å². The van der Waals surface area contributed by atoms with Crippen molar-refractivity contribution in [1.29, 1.82) is 0 Å². The van der Waals surface area contributed by atoms with Crippen LogP contribution in [0.5, 0.6) is 5.75 Å². The Balaban J connectivity index is 2.09. The van der Waals surface area contributed by atoms with E-state index in [4.69, 9.17) is 16.3 Å². The first-order valence-corrected chi connectivity index (χ1v) is 7.25. The van der Waals surface area contributed by atoms with Crippen molar-refractivity contribution in [3.63, 3.8) is 0 Å². The Morgan fingerprint density at radius 1 is 1.23 bits per heavy atom. The van der Waals surface area contributed by atoms with E-state index >= 15 is 0 Å². The van der Waals surface area contributed by atoms with Crippen molar-refractivity contribution in [2.45, 2.75) is 26.9 Å². The average molecular weight is 322 g/mol. The lowest BCUT2D eigenvalue weighted by Gasteiger charge is -2.17. The van der Waals surface area contributed by atoms with Crippen LogP contribution in [0.4, 0.5) is 10.1 Å². The fraction of sp³-hybridized carbons (Fsp3) is 0.235. The molecule has 0 aliphatic heterocycles. The van der Waals surface area contributed by atoms with Crippen LogP contribution in [0.1, 0.15) is 18.1 Å². The summed E-state index contributed by atoms with van der Waals surface area (Å²) < 4.78 is 18.5. The molecule has 2 rings (SSSR count). The molecule has 2 aromatic carbocycles. The molecule has 1 atom stereocenters. The fourth-order valence-electron chi connectivity index (χ4n) is 2.05. The van der Waals surface area contributed by atoms with Crippen molar-refractivity contribution in [3.05, 3.63) is 58.4 Å². The van der Waals surface area contributed by atoms with E-state index in [1.165, 1.54) is 12.1 Å². The van der Waals surface area contributed by atoms with Crippen molar-refractivity contribution in [1.82, 2.24) is 0 Å². The van der Waals surface area contributed by atoms with Gasteiger partial charge >= 0.3 is 0 Å². The lowest BCUT2D eigenvalue weighted by molar-refractivity contribution is -0.122. The van der Waals surface area contributed by atoms with Gasteiger partial charge in [0, 0.05) is 5.69 Å². The minimum absolute atomic E-state index is 0.131. The lowest BCUT2D eigenvalue weighted by atomic mass is 10.1. The van der Waals surface area contributed by atoms with E-state index in [2.05, 4.69) is 5.32 Å². The summed E-state index contributed by atoms with van der Waals surface area (Å²) >= 11 is 5.89. The summed E-state index contributed by atoms with van der Waals surface area (Å²) in [6.07, 6.45) is -0.762. The third kappa shape index (κ3) is 3.77. The second-order valence-corrected chi connectivity index (χ2v) is 5.50. The highest BCUT2D eigenvalue weighted by molar-refractivity contribution is 6.32. The van der Waals surface area contributed by atoms with Gasteiger partial charge < -0.3 is 10.1 Å². The summed E-state index contributed by atoms with van der Waals surface area (Å²) in [4.78, 5) is 12.2. The highest BCUT2D eigenvalue weighted by Gasteiger charge is 2.18. The van der Waals surface area contributed by atoms with E-state index < -0.39 is 11.9 Å². The van der Waals surface area contributed by atoms with Gasteiger partial charge in [-0.05, 0) is 50.1 Å². The van der Waals surface area contributed by atoms with Crippen molar-refractivity contribution in [2.24, 2.45) is 0 Å². The van der Waals surface area contributed by atoms with Gasteiger partial charge in [0.25, 0.3) is 5.91 Å². The van der Waals surface area contributed by atoms with E-state index in [1.807, 2.05) is 32.0 Å². The van der Waals surface area contributed by atoms with Crippen LogP contribution in [0, 0.1) is 19.7 Å². The van der Waals surface area contributed by atoms with Crippen LogP contribution in [0.2, 0.25) is 5.02 Å². The Labute approximate surface area is 134 Å². The Morgan fingerprint density at radius 2 is 1.86 bits per heavy atom. The van der Waals surface area contributed by atoms with E-state index in [9.17, 15) is 9.18 Å². The number of nitrogens with one attached hydrogen (secondary N) is 1. The molecule has 1 N–H and O–H groups in total. The average Bonchev–Trinajstić information content (AvgIpc) is 2.45. The standard InChI is InChI=1S/C17H17ClFNO2/c1-10-5-4-6-11(2)16(10)20-17(21)12(3)22-15-8-7-13(19)9-14(15)18/h4-9,12H,1-3H3,(H,20,21). The van der Waals surface area contributed by atoms with Gasteiger partial charge in [0.1, 0.15) is 11.6 Å². The third-order valence-corrected chi connectivity index (χ3v) is 3.59. The lowest BCUT2D eigenvalue weighted by Crippen LogP contribution is -2.30. The fourth-order valence-corrected chi connectivity index (χ4v) is 2.26. The summed E-state index contributed by atoms with van der Waals surface area (Å²) in [5, 5.41) is 2.98. The minimum Gasteiger partial charge on any atom is -0.479 e. The molecule has 0 heterocycles. The Morgan fingerprint density at radius 3 is 2.45 bits per heavy atom. The van der Waals surface area contributed by atoms with E-state index in [0.717, 1.165) is 22.9 Å². The Bertz CT molecular complexity index is 683. The number of hydrogen-bond acceptors (Lipinski definition) is 2. The SMILES string of the molecule is Cc1cccc(C)c1NC(=O)C(C)Oc1ccc(F)cc1Cl. The minimum atomic E-state index is -0.762. The molecular formula is C17H17ClFNO2. The molecule has 116 valence electrons. The van der Waals surface area contributed by atoms with Gasteiger partial charge in [0.15, 0.2) is 6.10 Å². The zero-order valence-electron chi connectivity index (χ0n) is 12.6.